The van der Waals surface area contributed by atoms with Crippen LogP contribution in [-0.4, -0.2) is 0 Å². The number of rotatable bonds is 4. The molecule has 1 aromatic carbocycles. The largest absolute Gasteiger partial charge is 0.271 e. The Morgan fingerprint density at radius 2 is 1.82 bits per heavy atom. The zero-order chi connectivity index (χ0) is 12.4. The van der Waals surface area contributed by atoms with E-state index in [0.29, 0.717) is 6.04 Å². The first-order valence-corrected chi connectivity index (χ1v) is 6.65. The van der Waals surface area contributed by atoms with E-state index in [4.69, 9.17) is 5.84 Å². The highest BCUT2D eigenvalue weighted by Gasteiger charge is 2.24. The van der Waals surface area contributed by atoms with Crippen LogP contribution in [0.25, 0.3) is 0 Å². The zero-order valence-corrected chi connectivity index (χ0v) is 11.2. The topological polar surface area (TPSA) is 38.0 Å². The lowest BCUT2D eigenvalue weighted by molar-refractivity contribution is 0.261. The average Bonchev–Trinajstić information content (AvgIpc) is 2.18. The summed E-state index contributed by atoms with van der Waals surface area (Å²) < 4.78 is 0. The van der Waals surface area contributed by atoms with Crippen molar-refractivity contribution >= 4 is 0 Å². The molecule has 0 bridgehead atoms. The number of benzene rings is 1. The molecule has 0 amide bonds. The molecule has 3 N–H and O–H groups in total. The first-order chi connectivity index (χ1) is 8.11. The van der Waals surface area contributed by atoms with Crippen molar-refractivity contribution in [3.63, 3.8) is 0 Å². The molecular weight excluding hydrogens is 208 g/mol. The Kier molecular flexibility index (Phi) is 3.85. The van der Waals surface area contributed by atoms with Gasteiger partial charge in [0.15, 0.2) is 0 Å². The molecule has 0 saturated heterocycles. The summed E-state index contributed by atoms with van der Waals surface area (Å²) in [5.74, 6) is 6.63. The molecule has 1 aromatic rings. The van der Waals surface area contributed by atoms with Crippen molar-refractivity contribution in [2.75, 3.05) is 0 Å². The molecule has 94 valence electrons. The van der Waals surface area contributed by atoms with Crippen LogP contribution < -0.4 is 11.3 Å². The van der Waals surface area contributed by atoms with Gasteiger partial charge in [-0.2, -0.15) is 0 Å². The summed E-state index contributed by atoms with van der Waals surface area (Å²) in [4.78, 5) is 0. The maximum atomic E-state index is 5.76. The van der Waals surface area contributed by atoms with E-state index in [-0.39, 0.29) is 0 Å². The van der Waals surface area contributed by atoms with Crippen LogP contribution in [0.4, 0.5) is 0 Å². The van der Waals surface area contributed by atoms with Crippen LogP contribution in [0.1, 0.15) is 54.0 Å². The highest BCUT2D eigenvalue weighted by Crippen LogP contribution is 2.36. The van der Waals surface area contributed by atoms with Crippen molar-refractivity contribution in [3.8, 4) is 0 Å². The smallest absolute Gasteiger partial charge is 0.0467 e. The van der Waals surface area contributed by atoms with Crippen molar-refractivity contribution in [3.05, 3.63) is 34.4 Å². The third-order valence-corrected chi connectivity index (χ3v) is 4.08. The lowest BCUT2D eigenvalue weighted by Gasteiger charge is -2.31. The van der Waals surface area contributed by atoms with Crippen LogP contribution in [-0.2, 0) is 0 Å². The van der Waals surface area contributed by atoms with Gasteiger partial charge in [0.05, 0.1) is 0 Å². The first-order valence-electron chi connectivity index (χ1n) is 6.65. The van der Waals surface area contributed by atoms with Crippen LogP contribution >= 0.6 is 0 Å². The van der Waals surface area contributed by atoms with E-state index < -0.39 is 0 Å². The molecule has 0 radical (unpaired) electrons. The van der Waals surface area contributed by atoms with Crippen LogP contribution in [0, 0.1) is 26.7 Å². The summed E-state index contributed by atoms with van der Waals surface area (Å²) in [6.07, 6.45) is 5.33. The van der Waals surface area contributed by atoms with E-state index in [1.807, 2.05) is 0 Å². The standard InChI is InChI=1S/C15H24N2/c1-10-7-11(2)15(12(3)8-10)14(17-16)9-13-5-4-6-13/h7-8,13-14,17H,4-6,9,16H2,1-3H3. The predicted molar refractivity (Wildman–Crippen MR) is 72.7 cm³/mol. The quantitative estimate of drug-likeness (QED) is 0.617. The summed E-state index contributed by atoms with van der Waals surface area (Å²) in [5.41, 5.74) is 8.49. The zero-order valence-electron chi connectivity index (χ0n) is 11.2. The normalized spacial score (nSPS) is 17.9. The van der Waals surface area contributed by atoms with Gasteiger partial charge in [0.2, 0.25) is 0 Å². The second-order valence-corrected chi connectivity index (χ2v) is 5.56. The number of nitrogens with two attached hydrogens (primary N) is 1. The SMILES string of the molecule is Cc1cc(C)c(C(CC2CCC2)NN)c(C)c1. The van der Waals surface area contributed by atoms with E-state index in [1.165, 1.54) is 47.9 Å². The van der Waals surface area contributed by atoms with E-state index in [2.05, 4.69) is 38.3 Å². The van der Waals surface area contributed by atoms with E-state index in [9.17, 15) is 0 Å². The Morgan fingerprint density at radius 3 is 2.24 bits per heavy atom. The molecule has 0 spiro atoms. The number of hydrogen-bond acceptors (Lipinski definition) is 2. The summed E-state index contributed by atoms with van der Waals surface area (Å²) in [5, 5.41) is 0. The third-order valence-electron chi connectivity index (χ3n) is 4.08. The molecule has 17 heavy (non-hydrogen) atoms. The van der Waals surface area contributed by atoms with E-state index >= 15 is 0 Å². The maximum absolute atomic E-state index is 5.76. The van der Waals surface area contributed by atoms with E-state index in [0.717, 1.165) is 5.92 Å². The molecule has 2 nitrogen and oxygen atoms in total. The molecule has 1 saturated carbocycles. The predicted octanol–water partition coefficient (Wildman–Crippen LogP) is 3.31. The minimum atomic E-state index is 0.320. The van der Waals surface area contributed by atoms with Crippen LogP contribution in [0.15, 0.2) is 12.1 Å². The highest BCUT2D eigenvalue weighted by molar-refractivity contribution is 5.39. The lowest BCUT2D eigenvalue weighted by Crippen LogP contribution is -2.32. The van der Waals surface area contributed by atoms with Gasteiger partial charge in [-0.15, -0.1) is 0 Å². The average molecular weight is 232 g/mol. The molecular formula is C15H24N2. The second kappa shape index (κ2) is 5.19. The van der Waals surface area contributed by atoms with Crippen LogP contribution in [0.2, 0.25) is 0 Å². The van der Waals surface area contributed by atoms with Gasteiger partial charge in [-0.3, -0.25) is 11.3 Å². The van der Waals surface area contributed by atoms with Crippen LogP contribution in [0.3, 0.4) is 0 Å². The van der Waals surface area contributed by atoms with Gasteiger partial charge in [-0.1, -0.05) is 37.0 Å². The van der Waals surface area contributed by atoms with Crippen molar-refractivity contribution in [1.29, 1.82) is 0 Å². The molecule has 0 aliphatic heterocycles. The van der Waals surface area contributed by atoms with Gasteiger partial charge in [-0.05, 0) is 49.8 Å². The summed E-state index contributed by atoms with van der Waals surface area (Å²) in [6, 6.07) is 4.84. The minimum absolute atomic E-state index is 0.320. The Hall–Kier alpha value is -0.860. The number of aryl methyl sites for hydroxylation is 3. The maximum Gasteiger partial charge on any atom is 0.0467 e. The first kappa shape index (κ1) is 12.6. The van der Waals surface area contributed by atoms with Gasteiger partial charge < -0.3 is 0 Å². The third kappa shape index (κ3) is 2.70. The Balaban J connectivity index is 2.22. The Labute approximate surface area is 105 Å². The summed E-state index contributed by atoms with van der Waals surface area (Å²) >= 11 is 0. The fourth-order valence-corrected chi connectivity index (χ4v) is 3.07. The lowest BCUT2D eigenvalue weighted by atomic mass is 9.78. The summed E-state index contributed by atoms with van der Waals surface area (Å²) in [6.45, 7) is 6.54. The van der Waals surface area contributed by atoms with Crippen molar-refractivity contribution in [1.82, 2.24) is 5.43 Å². The molecule has 1 aliphatic rings. The van der Waals surface area contributed by atoms with E-state index in [1.54, 1.807) is 0 Å². The molecule has 1 unspecified atom stereocenters. The summed E-state index contributed by atoms with van der Waals surface area (Å²) in [7, 11) is 0. The van der Waals surface area contributed by atoms with Crippen LogP contribution in [0.5, 0.6) is 0 Å². The fraction of sp³-hybridized carbons (Fsp3) is 0.600. The number of nitrogens with one attached hydrogen (secondary N) is 1. The van der Waals surface area contributed by atoms with Crippen molar-refractivity contribution < 1.29 is 0 Å². The molecule has 1 atom stereocenters. The van der Waals surface area contributed by atoms with Crippen molar-refractivity contribution in [2.45, 2.75) is 52.5 Å². The molecule has 1 aliphatic carbocycles. The monoisotopic (exact) mass is 232 g/mol. The molecule has 2 rings (SSSR count). The van der Waals surface area contributed by atoms with Gasteiger partial charge in [0, 0.05) is 6.04 Å². The molecule has 2 heteroatoms. The molecule has 1 fully saturated rings. The van der Waals surface area contributed by atoms with Gasteiger partial charge in [0.25, 0.3) is 0 Å². The highest BCUT2D eigenvalue weighted by atomic mass is 15.2. The Morgan fingerprint density at radius 1 is 1.24 bits per heavy atom. The number of hydrogen-bond donors (Lipinski definition) is 2. The molecule has 0 heterocycles. The fourth-order valence-electron chi connectivity index (χ4n) is 3.07. The second-order valence-electron chi connectivity index (χ2n) is 5.56. The van der Waals surface area contributed by atoms with Crippen molar-refractivity contribution in [2.24, 2.45) is 11.8 Å². The van der Waals surface area contributed by atoms with Gasteiger partial charge >= 0.3 is 0 Å². The van der Waals surface area contributed by atoms with Gasteiger partial charge in [-0.25, -0.2) is 0 Å². The van der Waals surface area contributed by atoms with Gasteiger partial charge in [0.1, 0.15) is 0 Å². The minimum Gasteiger partial charge on any atom is -0.271 e. The number of hydrazine groups is 1. The molecule has 0 aromatic heterocycles. The Bertz CT molecular complexity index is 371.